The molecule has 0 bridgehead atoms. The first kappa shape index (κ1) is 16.9. The zero-order valence-corrected chi connectivity index (χ0v) is 11.9. The highest BCUT2D eigenvalue weighted by molar-refractivity contribution is 5.89. The van der Waals surface area contributed by atoms with Gasteiger partial charge in [-0.3, -0.25) is 0 Å². The number of urea groups is 1. The van der Waals surface area contributed by atoms with Crippen molar-refractivity contribution in [2.45, 2.75) is 18.7 Å². The Hall–Kier alpha value is -2.48. The first-order valence-electron chi connectivity index (χ1n) is 6.80. The summed E-state index contributed by atoms with van der Waals surface area (Å²) < 4.78 is 42.2. The van der Waals surface area contributed by atoms with Gasteiger partial charge in [0.1, 0.15) is 11.9 Å². The minimum atomic E-state index is -4.41. The maximum Gasteiger partial charge on any atom is 0.416 e. The van der Waals surface area contributed by atoms with Gasteiger partial charge in [0.25, 0.3) is 0 Å². The fraction of sp³-hybridized carbons (Fsp3) is 0.267. The topological polar surface area (TPSA) is 74.5 Å². The summed E-state index contributed by atoms with van der Waals surface area (Å²) in [5.74, 6) is 0.398. The van der Waals surface area contributed by atoms with E-state index in [9.17, 15) is 23.1 Å². The maximum absolute atomic E-state index is 12.4. The first-order chi connectivity index (χ1) is 10.9. The average Bonchev–Trinajstić information content (AvgIpc) is 3.01. The second kappa shape index (κ2) is 7.19. The normalized spacial score (nSPS) is 12.7. The van der Waals surface area contributed by atoms with Gasteiger partial charge < -0.3 is 20.2 Å². The van der Waals surface area contributed by atoms with E-state index in [1.54, 1.807) is 12.1 Å². The molecule has 0 saturated heterocycles. The molecule has 1 heterocycles. The van der Waals surface area contributed by atoms with Crippen LogP contribution in [0, 0.1) is 0 Å². The Bertz CT molecular complexity index is 624. The van der Waals surface area contributed by atoms with E-state index < -0.39 is 23.9 Å². The summed E-state index contributed by atoms with van der Waals surface area (Å²) in [5, 5.41) is 14.6. The molecule has 0 fully saturated rings. The van der Waals surface area contributed by atoms with Crippen molar-refractivity contribution >= 4 is 11.7 Å². The number of carbonyl (C=O) groups is 1. The Balaban J connectivity index is 1.76. The van der Waals surface area contributed by atoms with Crippen molar-refractivity contribution in [3.63, 3.8) is 0 Å². The zero-order chi connectivity index (χ0) is 16.9. The molecule has 1 aromatic heterocycles. The van der Waals surface area contributed by atoms with Crippen LogP contribution in [0.15, 0.2) is 47.1 Å². The minimum Gasteiger partial charge on any atom is -0.467 e. The number of halogens is 3. The maximum atomic E-state index is 12.4. The van der Waals surface area contributed by atoms with Gasteiger partial charge in [-0.25, -0.2) is 4.79 Å². The number of nitrogens with one attached hydrogen (secondary N) is 2. The summed E-state index contributed by atoms with van der Waals surface area (Å²) in [6, 6.07) is 6.79. The number of anilines is 1. The summed E-state index contributed by atoms with van der Waals surface area (Å²) in [7, 11) is 0. The summed E-state index contributed by atoms with van der Waals surface area (Å²) >= 11 is 0. The number of amides is 2. The smallest absolute Gasteiger partial charge is 0.416 e. The SMILES string of the molecule is O=C(NCC[C@H](O)c1ccco1)Nc1ccc(C(F)(F)F)cc1. The molecule has 124 valence electrons. The van der Waals surface area contributed by atoms with Gasteiger partial charge in [-0.05, 0) is 42.8 Å². The van der Waals surface area contributed by atoms with Gasteiger partial charge in [0.15, 0.2) is 0 Å². The molecule has 2 amide bonds. The third-order valence-electron chi connectivity index (χ3n) is 3.05. The molecule has 8 heteroatoms. The van der Waals surface area contributed by atoms with Gasteiger partial charge in [-0.1, -0.05) is 0 Å². The summed E-state index contributed by atoms with van der Waals surface area (Å²) in [5.41, 5.74) is -0.549. The number of carbonyl (C=O) groups excluding carboxylic acids is 1. The highest BCUT2D eigenvalue weighted by Crippen LogP contribution is 2.29. The molecular weight excluding hydrogens is 313 g/mol. The van der Waals surface area contributed by atoms with Crippen molar-refractivity contribution in [3.05, 3.63) is 54.0 Å². The lowest BCUT2D eigenvalue weighted by Crippen LogP contribution is -2.30. The molecule has 23 heavy (non-hydrogen) atoms. The lowest BCUT2D eigenvalue weighted by Gasteiger charge is -2.11. The van der Waals surface area contributed by atoms with E-state index in [4.69, 9.17) is 4.42 Å². The van der Waals surface area contributed by atoms with Crippen molar-refractivity contribution in [2.75, 3.05) is 11.9 Å². The number of rotatable bonds is 5. The van der Waals surface area contributed by atoms with Crippen LogP contribution in [0.1, 0.15) is 23.8 Å². The third-order valence-corrected chi connectivity index (χ3v) is 3.05. The molecule has 0 saturated carbocycles. The Morgan fingerprint density at radius 1 is 1.22 bits per heavy atom. The lowest BCUT2D eigenvalue weighted by molar-refractivity contribution is -0.137. The molecule has 0 radical (unpaired) electrons. The van der Waals surface area contributed by atoms with Crippen LogP contribution in [0.4, 0.5) is 23.7 Å². The number of hydrogen-bond donors (Lipinski definition) is 3. The Morgan fingerprint density at radius 3 is 2.48 bits per heavy atom. The first-order valence-corrected chi connectivity index (χ1v) is 6.80. The van der Waals surface area contributed by atoms with Crippen molar-refractivity contribution in [1.29, 1.82) is 0 Å². The van der Waals surface area contributed by atoms with Crippen LogP contribution in [0.25, 0.3) is 0 Å². The second-order valence-electron chi connectivity index (χ2n) is 4.78. The molecule has 0 aliphatic heterocycles. The minimum absolute atomic E-state index is 0.175. The Morgan fingerprint density at radius 2 is 1.91 bits per heavy atom. The van der Waals surface area contributed by atoms with Gasteiger partial charge in [-0.2, -0.15) is 13.2 Å². The molecule has 0 aliphatic carbocycles. The van der Waals surface area contributed by atoms with E-state index in [0.29, 0.717) is 5.76 Å². The monoisotopic (exact) mass is 328 g/mol. The summed E-state index contributed by atoms with van der Waals surface area (Å²) in [6.07, 6.45) is -3.57. The largest absolute Gasteiger partial charge is 0.467 e. The number of hydrogen-bond acceptors (Lipinski definition) is 3. The van der Waals surface area contributed by atoms with E-state index in [0.717, 1.165) is 12.1 Å². The lowest BCUT2D eigenvalue weighted by atomic mass is 10.2. The van der Waals surface area contributed by atoms with Crippen molar-refractivity contribution in [1.82, 2.24) is 5.32 Å². The quantitative estimate of drug-likeness (QED) is 0.786. The van der Waals surface area contributed by atoms with Gasteiger partial charge in [-0.15, -0.1) is 0 Å². The molecule has 0 unspecified atom stereocenters. The Labute approximate surface area is 130 Å². The standard InChI is InChI=1S/C15H15F3N2O3/c16-15(17,18)10-3-5-11(6-4-10)20-14(22)19-8-7-12(21)13-2-1-9-23-13/h1-6,9,12,21H,7-8H2,(H2,19,20,22)/t12-/m0/s1. The summed E-state index contributed by atoms with van der Waals surface area (Å²) in [4.78, 5) is 11.6. The molecule has 0 spiro atoms. The molecule has 1 aromatic carbocycles. The molecule has 0 aliphatic rings. The van der Waals surface area contributed by atoms with Crippen LogP contribution in [0.3, 0.4) is 0 Å². The van der Waals surface area contributed by atoms with Crippen LogP contribution in [-0.2, 0) is 6.18 Å². The van der Waals surface area contributed by atoms with E-state index >= 15 is 0 Å². The van der Waals surface area contributed by atoms with Gasteiger partial charge in [0.05, 0.1) is 11.8 Å². The summed E-state index contributed by atoms with van der Waals surface area (Å²) in [6.45, 7) is 0.175. The van der Waals surface area contributed by atoms with E-state index in [1.807, 2.05) is 0 Å². The second-order valence-corrected chi connectivity index (χ2v) is 4.78. The highest BCUT2D eigenvalue weighted by atomic mass is 19.4. The van der Waals surface area contributed by atoms with Crippen LogP contribution >= 0.6 is 0 Å². The zero-order valence-electron chi connectivity index (χ0n) is 11.9. The Kier molecular flexibility index (Phi) is 5.28. The fourth-order valence-electron chi connectivity index (χ4n) is 1.86. The van der Waals surface area contributed by atoms with Crippen LogP contribution < -0.4 is 10.6 Å². The van der Waals surface area contributed by atoms with Crippen molar-refractivity contribution in [3.8, 4) is 0 Å². The van der Waals surface area contributed by atoms with E-state index in [1.165, 1.54) is 18.4 Å². The number of benzene rings is 1. The van der Waals surface area contributed by atoms with Crippen molar-refractivity contribution < 1.29 is 27.5 Å². The highest BCUT2D eigenvalue weighted by Gasteiger charge is 2.29. The predicted molar refractivity (Wildman–Crippen MR) is 76.8 cm³/mol. The molecule has 1 atom stereocenters. The molecular formula is C15H15F3N2O3. The molecule has 3 N–H and O–H groups in total. The van der Waals surface area contributed by atoms with E-state index in [-0.39, 0.29) is 18.7 Å². The molecule has 2 aromatic rings. The van der Waals surface area contributed by atoms with Gasteiger partial charge >= 0.3 is 12.2 Å². The van der Waals surface area contributed by atoms with Gasteiger partial charge in [0, 0.05) is 12.2 Å². The fourth-order valence-corrected chi connectivity index (χ4v) is 1.86. The number of aliphatic hydroxyl groups is 1. The third kappa shape index (κ3) is 5.03. The van der Waals surface area contributed by atoms with Crippen LogP contribution in [-0.4, -0.2) is 17.7 Å². The number of aliphatic hydroxyl groups excluding tert-OH is 1. The number of furan rings is 1. The van der Waals surface area contributed by atoms with Gasteiger partial charge in [0.2, 0.25) is 0 Å². The molecule has 5 nitrogen and oxygen atoms in total. The van der Waals surface area contributed by atoms with E-state index in [2.05, 4.69) is 10.6 Å². The van der Waals surface area contributed by atoms with Crippen LogP contribution in [0.2, 0.25) is 0 Å². The average molecular weight is 328 g/mol. The van der Waals surface area contributed by atoms with Crippen LogP contribution in [0.5, 0.6) is 0 Å². The molecule has 2 rings (SSSR count). The number of alkyl halides is 3. The van der Waals surface area contributed by atoms with Crippen molar-refractivity contribution in [2.24, 2.45) is 0 Å². The predicted octanol–water partition coefficient (Wildman–Crippen LogP) is 3.54.